The summed E-state index contributed by atoms with van der Waals surface area (Å²) in [5.74, 6) is -0.189. The van der Waals surface area contributed by atoms with Gasteiger partial charge in [0.1, 0.15) is 5.75 Å². The van der Waals surface area contributed by atoms with Crippen LogP contribution in [-0.2, 0) is 6.54 Å². The summed E-state index contributed by atoms with van der Waals surface area (Å²) in [5.41, 5.74) is 4.30. The first-order valence-electron chi connectivity index (χ1n) is 7.21. The SMILES string of the molecule is CC1CCCC(C)N1NCc1ccc(OC(F)(F)F)cc1. The fourth-order valence-corrected chi connectivity index (χ4v) is 2.72. The summed E-state index contributed by atoms with van der Waals surface area (Å²) in [6.45, 7) is 4.97. The molecule has 2 rings (SSSR count). The number of benzene rings is 1. The molecule has 0 aliphatic carbocycles. The minimum Gasteiger partial charge on any atom is -0.406 e. The number of piperidine rings is 1. The van der Waals surface area contributed by atoms with Crippen molar-refractivity contribution in [1.29, 1.82) is 0 Å². The Bertz CT molecular complexity index is 437. The number of hydrogen-bond acceptors (Lipinski definition) is 3. The normalized spacial score (nSPS) is 24.0. The van der Waals surface area contributed by atoms with Crippen LogP contribution in [0.4, 0.5) is 13.2 Å². The number of hydrogen-bond donors (Lipinski definition) is 1. The molecule has 1 saturated heterocycles. The summed E-state index contributed by atoms with van der Waals surface area (Å²) < 4.78 is 40.1. The van der Waals surface area contributed by atoms with Gasteiger partial charge in [-0.05, 0) is 44.4 Å². The van der Waals surface area contributed by atoms with E-state index in [4.69, 9.17) is 0 Å². The number of halogens is 3. The minimum absolute atomic E-state index is 0.189. The fraction of sp³-hybridized carbons (Fsp3) is 0.600. The number of nitrogens with one attached hydrogen (secondary N) is 1. The minimum atomic E-state index is -4.64. The monoisotopic (exact) mass is 302 g/mol. The first kappa shape index (κ1) is 16.1. The van der Waals surface area contributed by atoms with E-state index in [1.807, 2.05) is 0 Å². The lowest BCUT2D eigenvalue weighted by atomic mass is 10.00. The van der Waals surface area contributed by atoms with Gasteiger partial charge in [-0.15, -0.1) is 13.2 Å². The Morgan fingerprint density at radius 2 is 1.71 bits per heavy atom. The summed E-state index contributed by atoms with van der Waals surface area (Å²) >= 11 is 0. The lowest BCUT2D eigenvalue weighted by Crippen LogP contribution is -2.51. The molecule has 1 fully saturated rings. The maximum atomic E-state index is 12.1. The maximum absolute atomic E-state index is 12.1. The van der Waals surface area contributed by atoms with Crippen LogP contribution in [0.2, 0.25) is 0 Å². The molecule has 1 aromatic rings. The topological polar surface area (TPSA) is 24.5 Å². The predicted octanol–water partition coefficient (Wildman–Crippen LogP) is 3.85. The molecule has 0 aromatic heterocycles. The highest BCUT2D eigenvalue weighted by Crippen LogP contribution is 2.23. The lowest BCUT2D eigenvalue weighted by Gasteiger charge is -2.39. The molecule has 1 aromatic carbocycles. The Balaban J connectivity index is 1.88. The quantitative estimate of drug-likeness (QED) is 0.914. The number of ether oxygens (including phenoxy) is 1. The zero-order valence-corrected chi connectivity index (χ0v) is 12.3. The largest absolute Gasteiger partial charge is 0.573 e. The van der Waals surface area contributed by atoms with E-state index < -0.39 is 6.36 Å². The van der Waals surface area contributed by atoms with Gasteiger partial charge in [-0.25, -0.2) is 5.01 Å². The molecule has 21 heavy (non-hydrogen) atoms. The van der Waals surface area contributed by atoms with Crippen LogP contribution in [0.15, 0.2) is 24.3 Å². The van der Waals surface area contributed by atoms with Gasteiger partial charge in [0.25, 0.3) is 0 Å². The molecule has 1 heterocycles. The van der Waals surface area contributed by atoms with Crippen molar-refractivity contribution in [3.05, 3.63) is 29.8 Å². The van der Waals surface area contributed by atoms with E-state index in [2.05, 4.69) is 29.0 Å². The molecule has 1 aliphatic rings. The highest BCUT2D eigenvalue weighted by atomic mass is 19.4. The molecule has 2 atom stereocenters. The zero-order chi connectivity index (χ0) is 15.5. The summed E-state index contributed by atoms with van der Waals surface area (Å²) in [6.07, 6.45) is -1.08. The number of rotatable bonds is 4. The van der Waals surface area contributed by atoms with E-state index in [0.29, 0.717) is 18.6 Å². The van der Waals surface area contributed by atoms with E-state index in [1.165, 1.54) is 18.6 Å². The second-order valence-electron chi connectivity index (χ2n) is 5.56. The van der Waals surface area contributed by atoms with E-state index in [0.717, 1.165) is 18.4 Å². The van der Waals surface area contributed by atoms with Crippen LogP contribution < -0.4 is 10.2 Å². The van der Waals surface area contributed by atoms with Crippen LogP contribution in [0.3, 0.4) is 0 Å². The van der Waals surface area contributed by atoms with Crippen molar-refractivity contribution < 1.29 is 17.9 Å². The molecule has 1 N–H and O–H groups in total. The Labute approximate surface area is 123 Å². The number of hydrazine groups is 1. The van der Waals surface area contributed by atoms with Crippen LogP contribution in [-0.4, -0.2) is 23.5 Å². The van der Waals surface area contributed by atoms with Gasteiger partial charge in [-0.3, -0.25) is 5.43 Å². The van der Waals surface area contributed by atoms with Gasteiger partial charge in [-0.1, -0.05) is 18.6 Å². The van der Waals surface area contributed by atoms with E-state index >= 15 is 0 Å². The van der Waals surface area contributed by atoms with Gasteiger partial charge in [-0.2, -0.15) is 0 Å². The van der Waals surface area contributed by atoms with E-state index in [-0.39, 0.29) is 5.75 Å². The molecular formula is C15H21F3N2O. The van der Waals surface area contributed by atoms with Gasteiger partial charge in [0, 0.05) is 18.6 Å². The van der Waals surface area contributed by atoms with Crippen molar-refractivity contribution in [2.75, 3.05) is 0 Å². The molecule has 0 saturated carbocycles. The van der Waals surface area contributed by atoms with Gasteiger partial charge >= 0.3 is 6.36 Å². The van der Waals surface area contributed by atoms with Crippen molar-refractivity contribution >= 4 is 0 Å². The molecule has 0 spiro atoms. The summed E-state index contributed by atoms with van der Waals surface area (Å²) in [5, 5.41) is 2.24. The molecule has 6 heteroatoms. The van der Waals surface area contributed by atoms with Gasteiger partial charge < -0.3 is 4.74 Å². The first-order chi connectivity index (χ1) is 9.85. The van der Waals surface area contributed by atoms with Crippen LogP contribution >= 0.6 is 0 Å². The molecular weight excluding hydrogens is 281 g/mol. The zero-order valence-electron chi connectivity index (χ0n) is 12.3. The second-order valence-corrected chi connectivity index (χ2v) is 5.56. The summed E-state index contributed by atoms with van der Waals surface area (Å²) in [4.78, 5) is 0. The molecule has 0 bridgehead atoms. The van der Waals surface area contributed by atoms with Crippen LogP contribution in [0.5, 0.6) is 5.75 Å². The summed E-state index contributed by atoms with van der Waals surface area (Å²) in [6, 6.07) is 6.92. The van der Waals surface area contributed by atoms with Crippen LogP contribution in [0.25, 0.3) is 0 Å². The molecule has 118 valence electrons. The molecule has 1 aliphatic heterocycles. The number of nitrogens with zero attached hydrogens (tertiary/aromatic N) is 1. The van der Waals surface area contributed by atoms with Crippen molar-refractivity contribution in [3.8, 4) is 5.75 Å². The molecule has 3 nitrogen and oxygen atoms in total. The lowest BCUT2D eigenvalue weighted by molar-refractivity contribution is -0.274. The van der Waals surface area contributed by atoms with Gasteiger partial charge in [0.15, 0.2) is 0 Å². The van der Waals surface area contributed by atoms with Gasteiger partial charge in [0.05, 0.1) is 0 Å². The van der Waals surface area contributed by atoms with E-state index in [1.54, 1.807) is 12.1 Å². The highest BCUT2D eigenvalue weighted by Gasteiger charge is 2.31. The van der Waals surface area contributed by atoms with Gasteiger partial charge in [0.2, 0.25) is 0 Å². The van der Waals surface area contributed by atoms with E-state index in [9.17, 15) is 13.2 Å². The van der Waals surface area contributed by atoms with Crippen molar-refractivity contribution in [3.63, 3.8) is 0 Å². The Hall–Kier alpha value is -1.27. The highest BCUT2D eigenvalue weighted by molar-refractivity contribution is 5.27. The first-order valence-corrected chi connectivity index (χ1v) is 7.21. The third-order valence-corrected chi connectivity index (χ3v) is 3.82. The summed E-state index contributed by atoms with van der Waals surface area (Å²) in [7, 11) is 0. The van der Waals surface area contributed by atoms with Crippen LogP contribution in [0.1, 0.15) is 38.7 Å². The average molecular weight is 302 g/mol. The third kappa shape index (κ3) is 4.89. The standard InChI is InChI=1S/C15H21F3N2O/c1-11-4-3-5-12(2)20(11)19-10-13-6-8-14(9-7-13)21-15(16,17)18/h6-9,11-12,19H,3-5,10H2,1-2H3. The van der Waals surface area contributed by atoms with Crippen molar-refractivity contribution in [2.45, 2.75) is 58.1 Å². The predicted molar refractivity (Wildman–Crippen MR) is 74.6 cm³/mol. The number of alkyl halides is 3. The Morgan fingerprint density at radius 3 is 2.24 bits per heavy atom. The Kier molecular flexibility index (Phi) is 5.11. The average Bonchev–Trinajstić information content (AvgIpc) is 2.38. The van der Waals surface area contributed by atoms with Crippen LogP contribution in [0, 0.1) is 0 Å². The maximum Gasteiger partial charge on any atom is 0.573 e. The Morgan fingerprint density at radius 1 is 1.14 bits per heavy atom. The molecule has 2 unspecified atom stereocenters. The fourth-order valence-electron chi connectivity index (χ4n) is 2.72. The smallest absolute Gasteiger partial charge is 0.406 e. The second kappa shape index (κ2) is 6.66. The molecule has 0 amide bonds. The molecule has 0 radical (unpaired) electrons. The van der Waals surface area contributed by atoms with Crippen molar-refractivity contribution in [1.82, 2.24) is 10.4 Å². The third-order valence-electron chi connectivity index (χ3n) is 3.82. The van der Waals surface area contributed by atoms with Crippen molar-refractivity contribution in [2.24, 2.45) is 0 Å².